The third kappa shape index (κ3) is 31.9. The van der Waals surface area contributed by atoms with Gasteiger partial charge in [0, 0.05) is 6.42 Å². The molecule has 0 saturated carbocycles. The van der Waals surface area contributed by atoms with Gasteiger partial charge in [-0.2, -0.15) is 0 Å². The van der Waals surface area contributed by atoms with E-state index >= 15 is 0 Å². The van der Waals surface area contributed by atoms with Crippen molar-refractivity contribution < 1.29 is 38.0 Å². The predicted molar refractivity (Wildman–Crippen MR) is 204 cm³/mol. The van der Waals surface area contributed by atoms with Crippen molar-refractivity contribution in [3.63, 3.8) is 0 Å². The van der Waals surface area contributed by atoms with Crippen LogP contribution in [-0.4, -0.2) is 84.6 Å². The smallest absolute Gasteiger partial charge is 0.390 e. The van der Waals surface area contributed by atoms with Crippen molar-refractivity contribution >= 4 is 13.7 Å². The Morgan fingerprint density at radius 1 is 0.735 bits per heavy atom. The number of unbranched alkanes of at least 4 members (excludes halogenated alkanes) is 8. The van der Waals surface area contributed by atoms with E-state index in [0.29, 0.717) is 30.3 Å². The van der Waals surface area contributed by atoms with Crippen molar-refractivity contribution in [2.24, 2.45) is 0 Å². The molecule has 0 aliphatic rings. The minimum Gasteiger partial charge on any atom is -0.390 e. The number of phosphoric acid groups is 1. The number of carbonyl (C=O) groups excluding carboxylic acids is 1. The molecule has 284 valence electrons. The number of quaternary nitrogens is 1. The summed E-state index contributed by atoms with van der Waals surface area (Å²) in [6.07, 6.45) is 34.3. The number of rotatable bonds is 32. The van der Waals surface area contributed by atoms with Crippen LogP contribution in [0.4, 0.5) is 0 Å². The number of hydrogen-bond donors (Lipinski definition) is 4. The predicted octanol–water partition coefficient (Wildman–Crippen LogP) is 8.49. The Balaban J connectivity index is 4.78. The van der Waals surface area contributed by atoms with Gasteiger partial charge in [-0.3, -0.25) is 13.8 Å². The molecule has 0 bridgehead atoms. The van der Waals surface area contributed by atoms with Crippen LogP contribution in [0.25, 0.3) is 0 Å². The summed E-state index contributed by atoms with van der Waals surface area (Å²) in [5.41, 5.74) is 0. The Morgan fingerprint density at radius 2 is 1.29 bits per heavy atom. The third-order valence-corrected chi connectivity index (χ3v) is 8.80. The van der Waals surface area contributed by atoms with Crippen LogP contribution >= 0.6 is 7.82 Å². The Kier molecular flexibility index (Phi) is 29.8. The number of aliphatic hydroxyl groups excluding tert-OH is 2. The van der Waals surface area contributed by atoms with E-state index in [1.807, 2.05) is 21.1 Å². The van der Waals surface area contributed by atoms with Crippen LogP contribution in [0.3, 0.4) is 0 Å². The van der Waals surface area contributed by atoms with Gasteiger partial charge in [0.2, 0.25) is 5.91 Å². The molecule has 0 saturated heterocycles. The van der Waals surface area contributed by atoms with Crippen molar-refractivity contribution in [2.45, 2.75) is 141 Å². The maximum Gasteiger partial charge on any atom is 0.472 e. The molecule has 0 aliphatic carbocycles. The highest BCUT2D eigenvalue weighted by atomic mass is 31.2. The molecule has 4 N–H and O–H groups in total. The van der Waals surface area contributed by atoms with Gasteiger partial charge in [-0.1, -0.05) is 93.9 Å². The normalized spacial score (nSPS) is 16.0. The number of allylic oxidation sites excluding steroid dienone is 10. The number of amides is 1. The second-order valence-corrected chi connectivity index (χ2v) is 15.1. The van der Waals surface area contributed by atoms with Gasteiger partial charge >= 0.3 is 7.82 Å². The molecule has 9 nitrogen and oxygen atoms in total. The lowest BCUT2D eigenvalue weighted by Crippen LogP contribution is -2.51. The summed E-state index contributed by atoms with van der Waals surface area (Å²) < 4.78 is 23.3. The number of hydrogen-bond acceptors (Lipinski definition) is 6. The maximum atomic E-state index is 12.8. The molecule has 0 spiro atoms. The molecule has 0 radical (unpaired) electrons. The van der Waals surface area contributed by atoms with Crippen molar-refractivity contribution in [3.05, 3.63) is 60.8 Å². The summed E-state index contributed by atoms with van der Waals surface area (Å²) in [4.78, 5) is 23.0. The molecule has 0 rings (SSSR count). The van der Waals surface area contributed by atoms with Gasteiger partial charge < -0.3 is 24.9 Å². The van der Waals surface area contributed by atoms with Crippen LogP contribution in [-0.2, 0) is 18.4 Å². The van der Waals surface area contributed by atoms with E-state index in [0.717, 1.165) is 64.2 Å². The molecule has 4 unspecified atom stereocenters. The van der Waals surface area contributed by atoms with Gasteiger partial charge in [-0.25, -0.2) is 4.57 Å². The summed E-state index contributed by atoms with van der Waals surface area (Å²) in [6.45, 7) is 4.36. The molecule has 0 heterocycles. The van der Waals surface area contributed by atoms with Gasteiger partial charge in [-0.15, -0.1) is 0 Å². The molecule has 10 heteroatoms. The average Bonchev–Trinajstić information content (AvgIpc) is 3.04. The number of carbonyl (C=O) groups is 1. The number of nitrogens with one attached hydrogen (secondary N) is 1. The summed E-state index contributed by atoms with van der Waals surface area (Å²) in [7, 11) is 1.37. The van der Waals surface area contributed by atoms with Crippen LogP contribution in [0.1, 0.15) is 123 Å². The molecular weight excluding hydrogens is 639 g/mol. The molecule has 0 aromatic carbocycles. The molecular formula is C39H72N2O7P+. The van der Waals surface area contributed by atoms with Crippen molar-refractivity contribution in [3.8, 4) is 0 Å². The van der Waals surface area contributed by atoms with Crippen molar-refractivity contribution in [1.29, 1.82) is 0 Å². The van der Waals surface area contributed by atoms with Crippen LogP contribution in [0.2, 0.25) is 0 Å². The maximum absolute atomic E-state index is 12.8. The monoisotopic (exact) mass is 712 g/mol. The van der Waals surface area contributed by atoms with Gasteiger partial charge in [0.05, 0.1) is 39.9 Å². The van der Waals surface area contributed by atoms with E-state index in [1.54, 1.807) is 0 Å². The van der Waals surface area contributed by atoms with E-state index in [9.17, 15) is 24.5 Å². The fraction of sp³-hybridized carbons (Fsp3) is 0.718. The van der Waals surface area contributed by atoms with E-state index in [1.165, 1.54) is 19.3 Å². The van der Waals surface area contributed by atoms with Crippen LogP contribution in [0, 0.1) is 0 Å². The summed E-state index contributed by atoms with van der Waals surface area (Å²) in [5.74, 6) is -0.307. The lowest BCUT2D eigenvalue weighted by atomic mass is 10.0. The zero-order valence-corrected chi connectivity index (χ0v) is 32.4. The SMILES string of the molecule is CC/C=C\C/C=C\C/C=C\CCCCCC(=O)NC(COP(=O)(O)OCC[N+](C)(C)C)C(O)C(O)CCC/C=C/CC/C=C/CCCCC. The number of nitrogens with zero attached hydrogens (tertiary/aromatic N) is 1. The summed E-state index contributed by atoms with van der Waals surface area (Å²) in [6, 6.07) is -1.07. The lowest BCUT2D eigenvalue weighted by molar-refractivity contribution is -0.870. The Labute approximate surface area is 299 Å². The topological polar surface area (TPSA) is 125 Å². The van der Waals surface area contributed by atoms with E-state index < -0.39 is 32.7 Å². The van der Waals surface area contributed by atoms with Gasteiger partial charge in [0.25, 0.3) is 0 Å². The quantitative estimate of drug-likeness (QED) is 0.0239. The summed E-state index contributed by atoms with van der Waals surface area (Å²) >= 11 is 0. The second kappa shape index (κ2) is 30.9. The zero-order valence-electron chi connectivity index (χ0n) is 31.5. The first kappa shape index (κ1) is 47.2. The van der Waals surface area contributed by atoms with Crippen molar-refractivity contribution in [2.75, 3.05) is 40.9 Å². The zero-order chi connectivity index (χ0) is 36.6. The molecule has 1 amide bonds. The second-order valence-electron chi connectivity index (χ2n) is 13.7. The first-order valence-corrected chi connectivity index (χ1v) is 20.2. The third-order valence-electron chi connectivity index (χ3n) is 7.82. The van der Waals surface area contributed by atoms with Crippen LogP contribution < -0.4 is 5.32 Å². The molecule has 0 aromatic heterocycles. The largest absolute Gasteiger partial charge is 0.472 e. The van der Waals surface area contributed by atoms with Gasteiger partial charge in [0.1, 0.15) is 19.3 Å². The molecule has 0 aliphatic heterocycles. The highest BCUT2D eigenvalue weighted by molar-refractivity contribution is 7.47. The molecule has 4 atom stereocenters. The van der Waals surface area contributed by atoms with Crippen LogP contribution in [0.15, 0.2) is 60.8 Å². The molecule has 49 heavy (non-hydrogen) atoms. The first-order chi connectivity index (χ1) is 23.4. The van der Waals surface area contributed by atoms with E-state index in [-0.39, 0.29) is 18.9 Å². The first-order valence-electron chi connectivity index (χ1n) is 18.7. The van der Waals surface area contributed by atoms with E-state index in [2.05, 4.69) is 79.9 Å². The van der Waals surface area contributed by atoms with Crippen molar-refractivity contribution in [1.82, 2.24) is 5.32 Å². The lowest BCUT2D eigenvalue weighted by Gasteiger charge is -2.28. The Hall–Kier alpha value is -1.84. The molecule has 0 fully saturated rings. The van der Waals surface area contributed by atoms with Gasteiger partial charge in [-0.05, 0) is 83.5 Å². The van der Waals surface area contributed by atoms with E-state index in [4.69, 9.17) is 9.05 Å². The fourth-order valence-corrected chi connectivity index (χ4v) is 5.49. The summed E-state index contributed by atoms with van der Waals surface area (Å²) in [5, 5.41) is 24.4. The number of likely N-dealkylation sites (N-methyl/N-ethyl adjacent to an activating group) is 1. The Bertz CT molecular complexity index is 1000. The number of phosphoric ester groups is 1. The minimum absolute atomic E-state index is 0.00474. The standard InChI is InChI=1S/C39H71N2O7P/c1-6-8-10-12-14-16-18-20-22-24-26-28-30-32-38(43)40-36(35-48-49(45,46)47-34-33-41(3,4)5)39(44)37(42)31-29-27-25-23-21-19-17-15-13-11-9-7-2/h8,10,14-17,20,22-23,25,36-37,39,42,44H,6-7,9,11-13,18-19,21,24,26-35H2,1-5H3,(H-,40,43,45,46)/p+1/b10-8-,16-14-,17-15+,22-20-,25-23+. The fourth-order valence-electron chi connectivity index (χ4n) is 4.76. The minimum atomic E-state index is -4.43. The number of aliphatic hydroxyl groups is 2. The highest BCUT2D eigenvalue weighted by Crippen LogP contribution is 2.43. The highest BCUT2D eigenvalue weighted by Gasteiger charge is 2.31. The molecule has 0 aromatic rings. The van der Waals surface area contributed by atoms with Crippen LogP contribution in [0.5, 0.6) is 0 Å². The van der Waals surface area contributed by atoms with Gasteiger partial charge in [0.15, 0.2) is 0 Å². The average molecular weight is 712 g/mol. The Morgan fingerprint density at radius 3 is 1.90 bits per heavy atom.